The maximum Gasteiger partial charge on any atom is 0.257 e. The molecule has 1 fully saturated rings. The summed E-state index contributed by atoms with van der Waals surface area (Å²) in [7, 11) is -2.34. The van der Waals surface area contributed by atoms with E-state index in [1.165, 1.54) is 19.2 Å². The molecular weight excluding hydrogens is 388 g/mol. The van der Waals surface area contributed by atoms with Crippen molar-refractivity contribution in [1.82, 2.24) is 9.62 Å². The summed E-state index contributed by atoms with van der Waals surface area (Å²) >= 11 is 0. The lowest BCUT2D eigenvalue weighted by atomic mass is 10.0. The third kappa shape index (κ3) is 4.62. The van der Waals surface area contributed by atoms with E-state index in [9.17, 15) is 13.2 Å². The van der Waals surface area contributed by atoms with Crippen molar-refractivity contribution < 1.29 is 17.9 Å². The van der Waals surface area contributed by atoms with Gasteiger partial charge in [-0.2, -0.15) is 0 Å². The van der Waals surface area contributed by atoms with Crippen LogP contribution < -0.4 is 9.46 Å². The normalized spacial score (nSPS) is 15.4. The summed E-state index contributed by atoms with van der Waals surface area (Å²) in [6, 6.07) is 9.99. The minimum absolute atomic E-state index is 0.0537. The molecule has 0 aliphatic carbocycles. The van der Waals surface area contributed by atoms with Crippen LogP contribution in [0.1, 0.15) is 52.9 Å². The van der Waals surface area contributed by atoms with E-state index in [1.54, 1.807) is 11.0 Å². The molecule has 1 N–H and O–H groups in total. The Morgan fingerprint density at radius 1 is 1.10 bits per heavy atom. The van der Waals surface area contributed by atoms with Crippen molar-refractivity contribution in [1.29, 1.82) is 0 Å². The first-order valence-electron chi connectivity index (χ1n) is 9.79. The second-order valence-corrected chi connectivity index (χ2v) is 9.28. The molecule has 1 amide bonds. The maximum atomic E-state index is 13.0. The Labute approximate surface area is 172 Å². The molecule has 1 saturated heterocycles. The molecule has 0 unspecified atom stereocenters. The van der Waals surface area contributed by atoms with Crippen molar-refractivity contribution in [2.45, 2.75) is 44.6 Å². The van der Waals surface area contributed by atoms with Crippen molar-refractivity contribution >= 4 is 15.9 Å². The molecule has 0 radical (unpaired) electrons. The number of methoxy groups -OCH3 is 1. The number of rotatable bonds is 6. The Morgan fingerprint density at radius 3 is 2.45 bits per heavy atom. The van der Waals surface area contributed by atoms with Gasteiger partial charge in [-0.3, -0.25) is 4.79 Å². The van der Waals surface area contributed by atoms with Crippen molar-refractivity contribution in [3.8, 4) is 5.75 Å². The fourth-order valence-electron chi connectivity index (χ4n) is 3.70. The number of carbonyl (C=O) groups excluding carboxylic acids is 1. The number of nitrogens with zero attached hydrogens (tertiary/aromatic N) is 1. The number of aryl methyl sites for hydroxylation is 2. The predicted molar refractivity (Wildman–Crippen MR) is 113 cm³/mol. The lowest BCUT2D eigenvalue weighted by molar-refractivity contribution is 0.0789. The van der Waals surface area contributed by atoms with Gasteiger partial charge in [-0.25, -0.2) is 13.1 Å². The first-order valence-corrected chi connectivity index (χ1v) is 11.3. The maximum absolute atomic E-state index is 13.0. The number of sulfonamides is 1. The standard InChI is InChI=1S/C22H28N2O4S/c1-15-7-8-16(2)19(13-15)17(3)23-29(26,27)18-9-10-21(28-4)20(14-18)22(25)24-11-5-6-12-24/h7-10,13-14,17,23H,5-6,11-12H2,1-4H3/t17-/m1/s1. The minimum atomic E-state index is -3.82. The monoisotopic (exact) mass is 416 g/mol. The van der Waals surface area contributed by atoms with E-state index in [2.05, 4.69) is 4.72 Å². The van der Waals surface area contributed by atoms with E-state index < -0.39 is 16.1 Å². The van der Waals surface area contributed by atoms with E-state index >= 15 is 0 Å². The summed E-state index contributed by atoms with van der Waals surface area (Å²) in [5.41, 5.74) is 3.29. The Morgan fingerprint density at radius 2 is 1.79 bits per heavy atom. The van der Waals surface area contributed by atoms with Gasteiger partial charge >= 0.3 is 0 Å². The van der Waals surface area contributed by atoms with Gasteiger partial charge in [0.2, 0.25) is 10.0 Å². The highest BCUT2D eigenvalue weighted by atomic mass is 32.2. The molecule has 1 aliphatic rings. The number of benzene rings is 2. The molecule has 1 atom stereocenters. The lowest BCUT2D eigenvalue weighted by Crippen LogP contribution is -2.30. The van der Waals surface area contributed by atoms with Crippen LogP contribution in [-0.2, 0) is 10.0 Å². The Hall–Kier alpha value is -2.38. The van der Waals surface area contributed by atoms with E-state index in [0.29, 0.717) is 18.8 Å². The summed E-state index contributed by atoms with van der Waals surface area (Å²) in [6.07, 6.45) is 1.92. The molecule has 1 heterocycles. The van der Waals surface area contributed by atoms with Crippen LogP contribution in [0.4, 0.5) is 0 Å². The van der Waals surface area contributed by atoms with Crippen molar-refractivity contribution in [3.63, 3.8) is 0 Å². The summed E-state index contributed by atoms with van der Waals surface area (Å²) in [5.74, 6) is 0.183. The topological polar surface area (TPSA) is 75.7 Å². The van der Waals surface area contributed by atoms with Crippen LogP contribution in [0.25, 0.3) is 0 Å². The van der Waals surface area contributed by atoms with Crippen molar-refractivity contribution in [2.75, 3.05) is 20.2 Å². The fraction of sp³-hybridized carbons (Fsp3) is 0.409. The zero-order valence-electron chi connectivity index (χ0n) is 17.4. The molecule has 0 saturated carbocycles. The van der Waals surface area contributed by atoms with Gasteiger partial charge in [-0.15, -0.1) is 0 Å². The average Bonchev–Trinajstić information content (AvgIpc) is 3.23. The molecule has 2 aromatic carbocycles. The number of amides is 1. The van der Waals surface area contributed by atoms with Gasteiger partial charge in [0.15, 0.2) is 0 Å². The van der Waals surface area contributed by atoms with Gasteiger partial charge in [0.1, 0.15) is 5.75 Å². The third-order valence-electron chi connectivity index (χ3n) is 5.34. The first-order chi connectivity index (χ1) is 13.7. The van der Waals surface area contributed by atoms with Crippen LogP contribution in [0.2, 0.25) is 0 Å². The van der Waals surface area contributed by atoms with Crippen molar-refractivity contribution in [3.05, 3.63) is 58.7 Å². The van der Waals surface area contributed by atoms with E-state index in [0.717, 1.165) is 29.5 Å². The molecule has 3 rings (SSSR count). The number of likely N-dealkylation sites (tertiary alicyclic amines) is 1. The van der Waals surface area contributed by atoms with Crippen LogP contribution in [0.15, 0.2) is 41.3 Å². The van der Waals surface area contributed by atoms with Gasteiger partial charge in [0.25, 0.3) is 5.91 Å². The zero-order chi connectivity index (χ0) is 21.2. The molecule has 2 aromatic rings. The second kappa shape index (κ2) is 8.55. The molecule has 7 heteroatoms. The highest BCUT2D eigenvalue weighted by molar-refractivity contribution is 7.89. The molecule has 6 nitrogen and oxygen atoms in total. The zero-order valence-corrected chi connectivity index (χ0v) is 18.2. The predicted octanol–water partition coefficient (Wildman–Crippen LogP) is 3.59. The van der Waals surface area contributed by atoms with Crippen molar-refractivity contribution in [2.24, 2.45) is 0 Å². The number of ether oxygens (including phenoxy) is 1. The largest absolute Gasteiger partial charge is 0.496 e. The number of hydrogen-bond acceptors (Lipinski definition) is 4. The summed E-state index contributed by atoms with van der Waals surface area (Å²) in [6.45, 7) is 7.12. The highest BCUT2D eigenvalue weighted by Gasteiger charge is 2.26. The van der Waals surface area contributed by atoms with Gasteiger partial charge in [-0.1, -0.05) is 23.8 Å². The quantitative estimate of drug-likeness (QED) is 0.781. The van der Waals surface area contributed by atoms with E-state index in [1.807, 2.05) is 39.0 Å². The minimum Gasteiger partial charge on any atom is -0.496 e. The van der Waals surface area contributed by atoms with Gasteiger partial charge in [0, 0.05) is 19.1 Å². The Bertz CT molecular complexity index is 1010. The smallest absolute Gasteiger partial charge is 0.257 e. The molecule has 0 bridgehead atoms. The van der Waals surface area contributed by atoms with Gasteiger partial charge < -0.3 is 9.64 Å². The van der Waals surface area contributed by atoms with Crippen LogP contribution >= 0.6 is 0 Å². The van der Waals surface area contributed by atoms with E-state index in [4.69, 9.17) is 4.74 Å². The summed E-state index contributed by atoms with van der Waals surface area (Å²) < 4.78 is 34.1. The highest BCUT2D eigenvalue weighted by Crippen LogP contribution is 2.27. The number of nitrogens with one attached hydrogen (secondary N) is 1. The molecular formula is C22H28N2O4S. The third-order valence-corrected chi connectivity index (χ3v) is 6.88. The van der Waals surface area contributed by atoms with Crippen LogP contribution in [0.3, 0.4) is 0 Å². The second-order valence-electron chi connectivity index (χ2n) is 7.56. The van der Waals surface area contributed by atoms with Crippen LogP contribution in [-0.4, -0.2) is 39.4 Å². The molecule has 156 valence electrons. The SMILES string of the molecule is COc1ccc(S(=O)(=O)N[C@H](C)c2cc(C)ccc2C)cc1C(=O)N1CCCC1. The molecule has 0 aromatic heterocycles. The molecule has 1 aliphatic heterocycles. The van der Waals surface area contributed by atoms with Crippen LogP contribution in [0, 0.1) is 13.8 Å². The number of hydrogen-bond donors (Lipinski definition) is 1. The summed E-state index contributed by atoms with van der Waals surface area (Å²) in [5, 5.41) is 0. The Balaban J connectivity index is 1.91. The molecule has 29 heavy (non-hydrogen) atoms. The van der Waals surface area contributed by atoms with Gasteiger partial charge in [0.05, 0.1) is 17.6 Å². The Kier molecular flexibility index (Phi) is 6.29. The average molecular weight is 417 g/mol. The lowest BCUT2D eigenvalue weighted by Gasteiger charge is -2.20. The van der Waals surface area contributed by atoms with Gasteiger partial charge in [-0.05, 0) is 62.9 Å². The fourth-order valence-corrected chi connectivity index (χ4v) is 4.95. The van der Waals surface area contributed by atoms with E-state index in [-0.39, 0.29) is 16.4 Å². The molecule has 0 spiro atoms. The number of carbonyl (C=O) groups is 1. The summed E-state index contributed by atoms with van der Waals surface area (Å²) in [4.78, 5) is 14.7. The van der Waals surface area contributed by atoms with Crippen LogP contribution in [0.5, 0.6) is 5.75 Å². The first kappa shape index (κ1) is 21.3.